The Bertz CT molecular complexity index is 888. The number of aromatic nitrogens is 1. The number of rotatable bonds is 3. The first-order valence-corrected chi connectivity index (χ1v) is 8.34. The van der Waals surface area contributed by atoms with Crippen LogP contribution in [-0.4, -0.2) is 21.7 Å². The second-order valence-corrected chi connectivity index (χ2v) is 6.73. The van der Waals surface area contributed by atoms with Crippen LogP contribution in [0.2, 0.25) is 0 Å². The number of hydrogen-bond acceptors (Lipinski definition) is 5. The molecular weight excluding hydrogens is 378 g/mol. The van der Waals surface area contributed by atoms with Gasteiger partial charge in [-0.2, -0.15) is 5.10 Å². The summed E-state index contributed by atoms with van der Waals surface area (Å²) in [5, 5.41) is 14.6. The van der Waals surface area contributed by atoms with E-state index in [0.29, 0.717) is 10.2 Å². The van der Waals surface area contributed by atoms with E-state index < -0.39 is 5.91 Å². The van der Waals surface area contributed by atoms with Crippen molar-refractivity contribution >= 4 is 49.1 Å². The molecule has 0 aliphatic carbocycles. The number of aromatic hydroxyl groups is 1. The average Bonchev–Trinajstić information content (AvgIpc) is 2.98. The number of amides is 1. The molecule has 7 heteroatoms. The fourth-order valence-corrected chi connectivity index (χ4v) is 3.23. The summed E-state index contributed by atoms with van der Waals surface area (Å²) < 4.78 is 1.76. The Kier molecular flexibility index (Phi) is 4.40. The zero-order chi connectivity index (χ0) is 16.4. The monoisotopic (exact) mass is 389 g/mol. The molecular formula is C16H12BrN3O2S. The van der Waals surface area contributed by atoms with Crippen molar-refractivity contribution in [1.29, 1.82) is 0 Å². The zero-order valence-electron chi connectivity index (χ0n) is 12.1. The molecule has 0 spiro atoms. The van der Waals surface area contributed by atoms with Crippen molar-refractivity contribution in [2.45, 2.75) is 6.92 Å². The number of thiazole rings is 1. The molecule has 2 N–H and O–H groups in total. The standard InChI is InChI=1S/C16H12BrN3O2S/c1-9(16-18-12-4-2-3-5-14(12)23-16)19-20-15(22)11-8-10(17)6-7-13(11)21/h2-8,21H,1H3,(H,20,22)/b19-9+. The summed E-state index contributed by atoms with van der Waals surface area (Å²) in [7, 11) is 0. The quantitative estimate of drug-likeness (QED) is 0.526. The van der Waals surface area contributed by atoms with E-state index in [4.69, 9.17) is 0 Å². The topological polar surface area (TPSA) is 74.6 Å². The maximum Gasteiger partial charge on any atom is 0.275 e. The van der Waals surface area contributed by atoms with Gasteiger partial charge in [0, 0.05) is 4.47 Å². The van der Waals surface area contributed by atoms with Crippen LogP contribution in [0.25, 0.3) is 10.2 Å². The zero-order valence-corrected chi connectivity index (χ0v) is 14.5. The lowest BCUT2D eigenvalue weighted by atomic mass is 10.2. The van der Waals surface area contributed by atoms with E-state index in [9.17, 15) is 9.90 Å². The first kappa shape index (κ1) is 15.6. The smallest absolute Gasteiger partial charge is 0.275 e. The highest BCUT2D eigenvalue weighted by atomic mass is 79.9. The average molecular weight is 390 g/mol. The lowest BCUT2D eigenvalue weighted by Crippen LogP contribution is -2.19. The second-order valence-electron chi connectivity index (χ2n) is 4.79. The van der Waals surface area contributed by atoms with E-state index in [-0.39, 0.29) is 11.3 Å². The van der Waals surface area contributed by atoms with Crippen molar-refractivity contribution < 1.29 is 9.90 Å². The lowest BCUT2D eigenvalue weighted by Gasteiger charge is -2.04. The predicted octanol–water partition coefficient (Wildman–Crippen LogP) is 3.92. The number of nitrogens with zero attached hydrogens (tertiary/aromatic N) is 2. The third kappa shape index (κ3) is 3.40. The Morgan fingerprint density at radius 2 is 2.09 bits per heavy atom. The molecule has 3 aromatic rings. The van der Waals surface area contributed by atoms with E-state index in [2.05, 4.69) is 31.4 Å². The van der Waals surface area contributed by atoms with E-state index in [1.807, 2.05) is 24.3 Å². The summed E-state index contributed by atoms with van der Waals surface area (Å²) in [5.41, 5.74) is 4.10. The molecule has 116 valence electrons. The van der Waals surface area contributed by atoms with Crippen molar-refractivity contribution in [3.63, 3.8) is 0 Å². The van der Waals surface area contributed by atoms with Gasteiger partial charge in [0.1, 0.15) is 10.8 Å². The molecule has 0 radical (unpaired) electrons. The first-order valence-electron chi connectivity index (χ1n) is 6.73. The van der Waals surface area contributed by atoms with Gasteiger partial charge in [0.25, 0.3) is 5.91 Å². The van der Waals surface area contributed by atoms with E-state index in [0.717, 1.165) is 15.2 Å². The van der Waals surface area contributed by atoms with Gasteiger partial charge in [0.15, 0.2) is 0 Å². The summed E-state index contributed by atoms with van der Waals surface area (Å²) in [6.07, 6.45) is 0. The highest BCUT2D eigenvalue weighted by Gasteiger charge is 2.12. The fourth-order valence-electron chi connectivity index (χ4n) is 1.96. The van der Waals surface area contributed by atoms with E-state index >= 15 is 0 Å². The number of nitrogens with one attached hydrogen (secondary N) is 1. The van der Waals surface area contributed by atoms with Crippen LogP contribution < -0.4 is 5.43 Å². The van der Waals surface area contributed by atoms with Crippen molar-refractivity contribution in [2.75, 3.05) is 0 Å². The van der Waals surface area contributed by atoms with Gasteiger partial charge in [0.2, 0.25) is 0 Å². The number of carbonyl (C=O) groups excluding carboxylic acids is 1. The van der Waals surface area contributed by atoms with Crippen LogP contribution in [0.15, 0.2) is 52.0 Å². The minimum Gasteiger partial charge on any atom is -0.507 e. The summed E-state index contributed by atoms with van der Waals surface area (Å²) in [6.45, 7) is 1.78. The molecule has 0 unspecified atom stereocenters. The summed E-state index contributed by atoms with van der Waals surface area (Å²) in [6, 6.07) is 12.4. The maximum atomic E-state index is 12.1. The molecule has 0 aliphatic rings. The van der Waals surface area contributed by atoms with Crippen LogP contribution in [-0.2, 0) is 0 Å². The largest absolute Gasteiger partial charge is 0.507 e. The van der Waals surface area contributed by atoms with Crippen LogP contribution in [0.1, 0.15) is 22.3 Å². The number of hydrazone groups is 1. The van der Waals surface area contributed by atoms with Crippen molar-refractivity contribution in [3.05, 3.63) is 57.5 Å². The molecule has 1 heterocycles. The minimum absolute atomic E-state index is 0.0986. The molecule has 0 bridgehead atoms. The van der Waals surface area contributed by atoms with Gasteiger partial charge in [-0.25, -0.2) is 10.4 Å². The molecule has 0 aliphatic heterocycles. The fraction of sp³-hybridized carbons (Fsp3) is 0.0625. The number of halogens is 1. The number of benzene rings is 2. The van der Waals surface area contributed by atoms with Crippen LogP contribution in [0.5, 0.6) is 5.75 Å². The summed E-state index contributed by atoms with van der Waals surface area (Å²) >= 11 is 4.77. The molecule has 0 saturated heterocycles. The second kappa shape index (κ2) is 6.47. The van der Waals surface area contributed by atoms with Crippen LogP contribution in [0, 0.1) is 0 Å². The molecule has 0 saturated carbocycles. The normalized spacial score (nSPS) is 11.7. The Labute approximate surface area is 144 Å². The van der Waals surface area contributed by atoms with Gasteiger partial charge in [-0.3, -0.25) is 4.79 Å². The van der Waals surface area contributed by atoms with Gasteiger partial charge in [-0.15, -0.1) is 11.3 Å². The van der Waals surface area contributed by atoms with Gasteiger partial charge >= 0.3 is 0 Å². The number of phenolic OH excluding ortho intramolecular Hbond substituents is 1. The SMILES string of the molecule is C/C(=N\NC(=O)c1cc(Br)ccc1O)c1nc2ccccc2s1. The number of carbonyl (C=O) groups is 1. The van der Waals surface area contributed by atoms with Crippen LogP contribution in [0.4, 0.5) is 0 Å². The summed E-state index contributed by atoms with van der Waals surface area (Å²) in [4.78, 5) is 16.6. The highest BCUT2D eigenvalue weighted by molar-refractivity contribution is 9.10. The summed E-state index contributed by atoms with van der Waals surface area (Å²) in [5.74, 6) is -0.581. The number of phenols is 1. The highest BCUT2D eigenvalue weighted by Crippen LogP contribution is 2.23. The molecule has 5 nitrogen and oxygen atoms in total. The maximum absolute atomic E-state index is 12.1. The van der Waals surface area contributed by atoms with Crippen molar-refractivity contribution in [3.8, 4) is 5.75 Å². The van der Waals surface area contributed by atoms with Gasteiger partial charge in [-0.1, -0.05) is 28.1 Å². The molecule has 0 atom stereocenters. The number of para-hydroxylation sites is 1. The third-order valence-corrected chi connectivity index (χ3v) is 4.77. The molecule has 2 aromatic carbocycles. The Hall–Kier alpha value is -2.25. The molecule has 1 amide bonds. The van der Waals surface area contributed by atoms with Gasteiger partial charge in [0.05, 0.1) is 21.5 Å². The molecule has 23 heavy (non-hydrogen) atoms. The Morgan fingerprint density at radius 3 is 2.87 bits per heavy atom. The van der Waals surface area contributed by atoms with Gasteiger partial charge in [-0.05, 0) is 37.3 Å². The van der Waals surface area contributed by atoms with Crippen molar-refractivity contribution in [1.82, 2.24) is 10.4 Å². The first-order chi connectivity index (χ1) is 11.0. The third-order valence-electron chi connectivity index (χ3n) is 3.13. The molecule has 1 aromatic heterocycles. The van der Waals surface area contributed by atoms with Crippen LogP contribution >= 0.6 is 27.3 Å². The Balaban J connectivity index is 1.81. The minimum atomic E-state index is -0.482. The lowest BCUT2D eigenvalue weighted by molar-refractivity contribution is 0.0952. The van der Waals surface area contributed by atoms with E-state index in [1.165, 1.54) is 23.5 Å². The Morgan fingerprint density at radius 1 is 1.30 bits per heavy atom. The molecule has 3 rings (SSSR count). The number of hydrogen-bond donors (Lipinski definition) is 2. The van der Waals surface area contributed by atoms with Crippen molar-refractivity contribution in [2.24, 2.45) is 5.10 Å². The molecule has 0 fully saturated rings. The van der Waals surface area contributed by atoms with Gasteiger partial charge < -0.3 is 5.11 Å². The van der Waals surface area contributed by atoms with E-state index in [1.54, 1.807) is 13.0 Å². The number of fused-ring (bicyclic) bond motifs is 1. The predicted molar refractivity (Wildman–Crippen MR) is 95.1 cm³/mol. The van der Waals surface area contributed by atoms with Crippen LogP contribution in [0.3, 0.4) is 0 Å².